The molecule has 4 heteroatoms. The fourth-order valence-corrected chi connectivity index (χ4v) is 2.18. The van der Waals surface area contributed by atoms with Crippen LogP contribution < -0.4 is 5.32 Å². The highest BCUT2D eigenvalue weighted by Crippen LogP contribution is 2.21. The Balaban J connectivity index is 2.37. The van der Waals surface area contributed by atoms with Crippen molar-refractivity contribution in [3.63, 3.8) is 0 Å². The number of benzene rings is 1. The van der Waals surface area contributed by atoms with Crippen LogP contribution in [0, 0.1) is 5.41 Å². The largest absolute Gasteiger partial charge is 0.396 e. The van der Waals surface area contributed by atoms with Gasteiger partial charge in [-0.2, -0.15) is 0 Å². The van der Waals surface area contributed by atoms with Gasteiger partial charge in [0.15, 0.2) is 0 Å². The van der Waals surface area contributed by atoms with E-state index >= 15 is 0 Å². The van der Waals surface area contributed by atoms with E-state index in [1.54, 1.807) is 0 Å². The van der Waals surface area contributed by atoms with E-state index < -0.39 is 0 Å². The zero-order valence-electron chi connectivity index (χ0n) is 12.4. The van der Waals surface area contributed by atoms with Gasteiger partial charge in [0.05, 0.1) is 5.92 Å². The van der Waals surface area contributed by atoms with Gasteiger partial charge in [-0.05, 0) is 42.9 Å². The van der Waals surface area contributed by atoms with E-state index in [1.165, 1.54) is 0 Å². The van der Waals surface area contributed by atoms with Crippen molar-refractivity contribution in [3.8, 4) is 0 Å². The number of hydrogen-bond acceptors (Lipinski definition) is 2. The highest BCUT2D eigenvalue weighted by atomic mass is 79.9. The minimum Gasteiger partial charge on any atom is -0.396 e. The minimum absolute atomic E-state index is 0.0501. The van der Waals surface area contributed by atoms with Crippen LogP contribution in [0.5, 0.6) is 0 Å². The Morgan fingerprint density at radius 3 is 2.50 bits per heavy atom. The maximum absolute atomic E-state index is 12.1. The normalized spacial score (nSPS) is 13.1. The zero-order valence-corrected chi connectivity index (χ0v) is 14.0. The van der Waals surface area contributed by atoms with E-state index in [4.69, 9.17) is 0 Å². The Morgan fingerprint density at radius 1 is 1.35 bits per heavy atom. The van der Waals surface area contributed by atoms with Gasteiger partial charge in [0, 0.05) is 17.6 Å². The van der Waals surface area contributed by atoms with Crippen molar-refractivity contribution in [2.75, 3.05) is 13.2 Å². The van der Waals surface area contributed by atoms with Crippen LogP contribution in [0.3, 0.4) is 0 Å². The number of carbonyl (C=O) groups excluding carboxylic acids is 1. The van der Waals surface area contributed by atoms with E-state index in [0.29, 0.717) is 6.54 Å². The summed E-state index contributed by atoms with van der Waals surface area (Å²) in [7, 11) is 0. The quantitative estimate of drug-likeness (QED) is 0.746. The summed E-state index contributed by atoms with van der Waals surface area (Å²) in [5, 5.41) is 12.1. The summed E-state index contributed by atoms with van der Waals surface area (Å²) in [6, 6.07) is 7.82. The van der Waals surface area contributed by atoms with Crippen molar-refractivity contribution in [1.82, 2.24) is 5.32 Å². The van der Waals surface area contributed by atoms with Crippen LogP contribution in [-0.4, -0.2) is 24.2 Å². The highest BCUT2D eigenvalue weighted by molar-refractivity contribution is 9.10. The fraction of sp³-hybridized carbons (Fsp3) is 0.562. The lowest BCUT2D eigenvalue weighted by Crippen LogP contribution is -2.30. The molecule has 0 aliphatic heterocycles. The number of halogens is 1. The number of nitrogens with one attached hydrogen (secondary N) is 1. The third-order valence-electron chi connectivity index (χ3n) is 3.52. The number of aliphatic hydroxyl groups excluding tert-OH is 1. The molecular formula is C16H24BrNO2. The smallest absolute Gasteiger partial charge is 0.227 e. The molecule has 0 aliphatic carbocycles. The molecule has 3 nitrogen and oxygen atoms in total. The molecule has 0 fully saturated rings. The molecule has 0 aromatic heterocycles. The maximum atomic E-state index is 12.1. The molecule has 0 radical (unpaired) electrons. The summed E-state index contributed by atoms with van der Waals surface area (Å²) >= 11 is 3.39. The van der Waals surface area contributed by atoms with Gasteiger partial charge < -0.3 is 10.4 Å². The molecule has 0 aliphatic rings. The summed E-state index contributed by atoms with van der Waals surface area (Å²) in [6.45, 7) is 6.80. The molecule has 1 aromatic carbocycles. The Hall–Kier alpha value is -0.870. The van der Waals surface area contributed by atoms with Gasteiger partial charge in [-0.15, -0.1) is 0 Å². The average molecular weight is 342 g/mol. The first-order valence-electron chi connectivity index (χ1n) is 7.00. The van der Waals surface area contributed by atoms with Crippen molar-refractivity contribution < 1.29 is 9.90 Å². The molecule has 1 unspecified atom stereocenters. The van der Waals surface area contributed by atoms with Gasteiger partial charge in [-0.3, -0.25) is 4.79 Å². The van der Waals surface area contributed by atoms with Crippen LogP contribution in [-0.2, 0) is 4.79 Å². The average Bonchev–Trinajstić information content (AvgIpc) is 2.43. The fourth-order valence-electron chi connectivity index (χ4n) is 1.91. The predicted octanol–water partition coefficient (Wildman–Crippen LogP) is 3.47. The summed E-state index contributed by atoms with van der Waals surface area (Å²) in [5.74, 6) is -0.0944. The second-order valence-electron chi connectivity index (χ2n) is 5.99. The molecule has 1 aromatic rings. The lowest BCUT2D eigenvalue weighted by atomic mass is 9.89. The van der Waals surface area contributed by atoms with Crippen molar-refractivity contribution in [3.05, 3.63) is 34.3 Å². The van der Waals surface area contributed by atoms with E-state index in [2.05, 4.69) is 21.2 Å². The molecule has 112 valence electrons. The third kappa shape index (κ3) is 5.63. The van der Waals surface area contributed by atoms with Crippen LogP contribution in [0.25, 0.3) is 0 Å². The first-order chi connectivity index (χ1) is 9.35. The Morgan fingerprint density at radius 2 is 1.95 bits per heavy atom. The van der Waals surface area contributed by atoms with Gasteiger partial charge in [-0.25, -0.2) is 0 Å². The van der Waals surface area contributed by atoms with E-state index in [1.807, 2.05) is 45.0 Å². The highest BCUT2D eigenvalue weighted by Gasteiger charge is 2.17. The summed E-state index contributed by atoms with van der Waals surface area (Å²) in [5.41, 5.74) is 0.948. The summed E-state index contributed by atoms with van der Waals surface area (Å²) < 4.78 is 1.01. The Bertz CT molecular complexity index is 429. The molecule has 0 bridgehead atoms. The minimum atomic E-state index is -0.144. The number of aliphatic hydroxyl groups is 1. The lowest BCUT2D eigenvalue weighted by Gasteiger charge is -2.21. The predicted molar refractivity (Wildman–Crippen MR) is 85.7 cm³/mol. The van der Waals surface area contributed by atoms with E-state index in [0.717, 1.165) is 22.9 Å². The zero-order chi connectivity index (χ0) is 15.2. The Labute approximate surface area is 129 Å². The van der Waals surface area contributed by atoms with E-state index in [9.17, 15) is 9.90 Å². The number of amides is 1. The number of carbonyl (C=O) groups is 1. The number of hydrogen-bond donors (Lipinski definition) is 2. The third-order valence-corrected chi connectivity index (χ3v) is 4.05. The standard InChI is InChI=1S/C16H24BrNO2/c1-12(13-5-7-14(17)8-6-13)15(20)18-10-4-9-16(2,3)11-19/h5-8,12,19H,4,9-11H2,1-3H3,(H,18,20). The first-order valence-corrected chi connectivity index (χ1v) is 7.79. The monoisotopic (exact) mass is 341 g/mol. The molecule has 20 heavy (non-hydrogen) atoms. The summed E-state index contributed by atoms with van der Waals surface area (Å²) in [6.07, 6.45) is 1.78. The van der Waals surface area contributed by atoms with Crippen molar-refractivity contribution >= 4 is 21.8 Å². The molecule has 1 atom stereocenters. The van der Waals surface area contributed by atoms with Crippen LogP contribution >= 0.6 is 15.9 Å². The van der Waals surface area contributed by atoms with Crippen molar-refractivity contribution in [2.24, 2.45) is 5.41 Å². The van der Waals surface area contributed by atoms with Gasteiger partial charge in [-0.1, -0.05) is 41.9 Å². The molecule has 0 spiro atoms. The van der Waals surface area contributed by atoms with Gasteiger partial charge in [0.2, 0.25) is 5.91 Å². The van der Waals surface area contributed by atoms with E-state index in [-0.39, 0.29) is 23.8 Å². The molecule has 1 amide bonds. The van der Waals surface area contributed by atoms with Crippen LogP contribution in [0.1, 0.15) is 45.1 Å². The van der Waals surface area contributed by atoms with Crippen LogP contribution in [0.2, 0.25) is 0 Å². The van der Waals surface area contributed by atoms with Gasteiger partial charge in [0.25, 0.3) is 0 Å². The lowest BCUT2D eigenvalue weighted by molar-refractivity contribution is -0.122. The van der Waals surface area contributed by atoms with Crippen LogP contribution in [0.4, 0.5) is 0 Å². The van der Waals surface area contributed by atoms with Crippen LogP contribution in [0.15, 0.2) is 28.7 Å². The molecular weight excluding hydrogens is 318 g/mol. The molecule has 0 heterocycles. The maximum Gasteiger partial charge on any atom is 0.227 e. The van der Waals surface area contributed by atoms with Crippen molar-refractivity contribution in [2.45, 2.75) is 39.5 Å². The second kappa shape index (κ2) is 7.79. The second-order valence-corrected chi connectivity index (χ2v) is 6.91. The molecule has 0 saturated carbocycles. The topological polar surface area (TPSA) is 49.3 Å². The molecule has 0 saturated heterocycles. The first kappa shape index (κ1) is 17.2. The molecule has 1 rings (SSSR count). The summed E-state index contributed by atoms with van der Waals surface area (Å²) in [4.78, 5) is 12.1. The van der Waals surface area contributed by atoms with Crippen molar-refractivity contribution in [1.29, 1.82) is 0 Å². The molecule has 2 N–H and O–H groups in total. The Kier molecular flexibility index (Phi) is 6.69. The number of rotatable bonds is 7. The van der Waals surface area contributed by atoms with Gasteiger partial charge in [0.1, 0.15) is 0 Å². The van der Waals surface area contributed by atoms with Gasteiger partial charge >= 0.3 is 0 Å². The SMILES string of the molecule is CC(C(=O)NCCCC(C)(C)CO)c1ccc(Br)cc1.